The molecule has 0 saturated carbocycles. The Balaban J connectivity index is 3.05. The molecule has 1 aromatic carbocycles. The minimum absolute atomic E-state index is 0.131. The third-order valence-corrected chi connectivity index (χ3v) is 3.24. The van der Waals surface area contributed by atoms with Crippen molar-refractivity contribution in [3.63, 3.8) is 0 Å². The van der Waals surface area contributed by atoms with Gasteiger partial charge in [0.15, 0.2) is 0 Å². The first kappa shape index (κ1) is 11.0. The number of halogens is 1. The van der Waals surface area contributed by atoms with Crippen molar-refractivity contribution in [3.05, 3.63) is 29.6 Å². The van der Waals surface area contributed by atoms with Crippen molar-refractivity contribution < 1.29 is 8.60 Å². The molecule has 14 heavy (non-hydrogen) atoms. The van der Waals surface area contributed by atoms with Crippen LogP contribution >= 0.6 is 0 Å². The summed E-state index contributed by atoms with van der Waals surface area (Å²) in [4.78, 5) is 0. The third-order valence-electron chi connectivity index (χ3n) is 1.87. The van der Waals surface area contributed by atoms with Gasteiger partial charge in [-0.1, -0.05) is 19.1 Å². The molecule has 0 bridgehead atoms. The average molecular weight is 216 g/mol. The first-order chi connectivity index (χ1) is 6.46. The molecule has 0 aliphatic rings. The molecule has 0 aliphatic heterocycles. The molecule has 1 rings (SSSR count). The SMILES string of the molecule is CCS(=N)(=O)Nc1cccc(C)c1F. The van der Waals surface area contributed by atoms with Crippen molar-refractivity contribution in [2.75, 3.05) is 10.5 Å². The number of aryl methyl sites for hydroxylation is 1. The molecule has 0 saturated heterocycles. The van der Waals surface area contributed by atoms with E-state index in [1.54, 1.807) is 26.0 Å². The summed E-state index contributed by atoms with van der Waals surface area (Å²) < 4.78 is 34.5. The molecule has 0 amide bonds. The van der Waals surface area contributed by atoms with E-state index in [-0.39, 0.29) is 11.4 Å². The maximum absolute atomic E-state index is 13.4. The Morgan fingerprint density at radius 1 is 1.57 bits per heavy atom. The smallest absolute Gasteiger partial charge is 0.150 e. The molecular formula is C9H13FN2OS. The van der Waals surface area contributed by atoms with Gasteiger partial charge in [-0.25, -0.2) is 13.4 Å². The van der Waals surface area contributed by atoms with Gasteiger partial charge in [0.25, 0.3) is 0 Å². The molecule has 2 N–H and O–H groups in total. The topological polar surface area (TPSA) is 53.0 Å². The van der Waals surface area contributed by atoms with Crippen LogP contribution in [0.2, 0.25) is 0 Å². The number of hydrogen-bond acceptors (Lipinski definition) is 2. The number of rotatable bonds is 3. The van der Waals surface area contributed by atoms with Gasteiger partial charge in [-0.15, -0.1) is 0 Å². The molecule has 0 aliphatic carbocycles. The van der Waals surface area contributed by atoms with Crippen LogP contribution in [0.1, 0.15) is 12.5 Å². The number of nitrogens with one attached hydrogen (secondary N) is 2. The largest absolute Gasteiger partial charge is 0.296 e. The summed E-state index contributed by atoms with van der Waals surface area (Å²) in [5, 5.41) is 0. The zero-order valence-corrected chi connectivity index (χ0v) is 8.95. The van der Waals surface area contributed by atoms with Crippen LogP contribution in [-0.4, -0.2) is 9.96 Å². The van der Waals surface area contributed by atoms with Gasteiger partial charge in [0.1, 0.15) is 15.7 Å². The van der Waals surface area contributed by atoms with E-state index in [9.17, 15) is 8.60 Å². The van der Waals surface area contributed by atoms with Gasteiger partial charge in [-0.2, -0.15) is 0 Å². The highest BCUT2D eigenvalue weighted by molar-refractivity contribution is 7.93. The van der Waals surface area contributed by atoms with E-state index >= 15 is 0 Å². The van der Waals surface area contributed by atoms with Gasteiger partial charge in [-0.05, 0) is 18.6 Å². The number of anilines is 1. The summed E-state index contributed by atoms with van der Waals surface area (Å²) in [6.07, 6.45) is 0. The van der Waals surface area contributed by atoms with E-state index in [0.29, 0.717) is 5.56 Å². The van der Waals surface area contributed by atoms with Gasteiger partial charge >= 0.3 is 0 Å². The first-order valence-electron chi connectivity index (χ1n) is 4.25. The van der Waals surface area contributed by atoms with E-state index in [4.69, 9.17) is 4.78 Å². The van der Waals surface area contributed by atoms with Gasteiger partial charge in [0.05, 0.1) is 5.69 Å². The van der Waals surface area contributed by atoms with Crippen LogP contribution in [0.5, 0.6) is 0 Å². The van der Waals surface area contributed by atoms with Crippen molar-refractivity contribution >= 4 is 15.6 Å². The molecule has 1 aromatic rings. The molecule has 0 fully saturated rings. The lowest BCUT2D eigenvalue weighted by molar-refractivity contribution is 0.622. The summed E-state index contributed by atoms with van der Waals surface area (Å²) >= 11 is 0. The zero-order valence-electron chi connectivity index (χ0n) is 8.13. The molecule has 0 aromatic heterocycles. The Morgan fingerprint density at radius 2 is 2.21 bits per heavy atom. The average Bonchev–Trinajstić information content (AvgIpc) is 2.13. The van der Waals surface area contributed by atoms with Crippen LogP contribution in [0, 0.1) is 17.5 Å². The van der Waals surface area contributed by atoms with Crippen molar-refractivity contribution in [3.8, 4) is 0 Å². The monoisotopic (exact) mass is 216 g/mol. The lowest BCUT2D eigenvalue weighted by atomic mass is 10.2. The minimum Gasteiger partial charge on any atom is -0.296 e. The van der Waals surface area contributed by atoms with Gasteiger partial charge in [0.2, 0.25) is 0 Å². The predicted molar refractivity (Wildman–Crippen MR) is 56.2 cm³/mol. The predicted octanol–water partition coefficient (Wildman–Crippen LogP) is 2.53. The van der Waals surface area contributed by atoms with Crippen molar-refractivity contribution in [2.45, 2.75) is 13.8 Å². The highest BCUT2D eigenvalue weighted by Crippen LogP contribution is 2.18. The Hall–Kier alpha value is -1.10. The molecule has 3 nitrogen and oxygen atoms in total. The summed E-state index contributed by atoms with van der Waals surface area (Å²) in [7, 11) is -2.90. The minimum atomic E-state index is -2.90. The van der Waals surface area contributed by atoms with Crippen LogP contribution in [-0.2, 0) is 9.92 Å². The van der Waals surface area contributed by atoms with Gasteiger partial charge in [-0.3, -0.25) is 4.72 Å². The normalized spacial score (nSPS) is 14.8. The Kier molecular flexibility index (Phi) is 3.10. The van der Waals surface area contributed by atoms with Crippen LogP contribution in [0.25, 0.3) is 0 Å². The van der Waals surface area contributed by atoms with Gasteiger partial charge in [0, 0.05) is 5.75 Å². The highest BCUT2D eigenvalue weighted by atomic mass is 32.2. The fraction of sp³-hybridized carbons (Fsp3) is 0.333. The second-order valence-corrected chi connectivity index (χ2v) is 5.13. The van der Waals surface area contributed by atoms with E-state index in [1.165, 1.54) is 6.07 Å². The maximum Gasteiger partial charge on any atom is 0.150 e. The Bertz CT molecular complexity index is 428. The van der Waals surface area contributed by atoms with Crippen molar-refractivity contribution in [2.24, 2.45) is 0 Å². The molecule has 1 atom stereocenters. The highest BCUT2D eigenvalue weighted by Gasteiger charge is 2.08. The molecule has 5 heteroatoms. The van der Waals surface area contributed by atoms with Crippen LogP contribution < -0.4 is 4.72 Å². The third kappa shape index (κ3) is 2.45. The number of benzene rings is 1. The fourth-order valence-corrected chi connectivity index (χ4v) is 1.63. The fourth-order valence-electron chi connectivity index (χ4n) is 0.976. The summed E-state index contributed by atoms with van der Waals surface area (Å²) in [6, 6.07) is 4.76. The van der Waals surface area contributed by atoms with E-state index in [0.717, 1.165) is 0 Å². The second-order valence-electron chi connectivity index (χ2n) is 3.00. The molecule has 0 heterocycles. The number of hydrogen-bond donors (Lipinski definition) is 2. The summed E-state index contributed by atoms with van der Waals surface area (Å²) in [6.45, 7) is 3.24. The van der Waals surface area contributed by atoms with E-state index in [2.05, 4.69) is 4.72 Å². The standard InChI is InChI=1S/C9H13FN2OS/c1-3-14(11,13)12-8-6-4-5-7(2)9(8)10/h4-6H,3H2,1-2H3,(H2,11,12,13). The quantitative estimate of drug-likeness (QED) is 0.801. The maximum atomic E-state index is 13.4. The van der Waals surface area contributed by atoms with Crippen LogP contribution in [0.3, 0.4) is 0 Å². The lowest BCUT2D eigenvalue weighted by Crippen LogP contribution is -2.14. The van der Waals surface area contributed by atoms with Crippen LogP contribution in [0.15, 0.2) is 18.2 Å². The van der Waals surface area contributed by atoms with E-state index < -0.39 is 15.7 Å². The Morgan fingerprint density at radius 3 is 2.79 bits per heavy atom. The Labute approximate surface area is 83.4 Å². The molecular weight excluding hydrogens is 203 g/mol. The lowest BCUT2D eigenvalue weighted by Gasteiger charge is -2.10. The van der Waals surface area contributed by atoms with E-state index in [1.807, 2.05) is 0 Å². The van der Waals surface area contributed by atoms with Gasteiger partial charge < -0.3 is 0 Å². The zero-order chi connectivity index (χ0) is 10.8. The van der Waals surface area contributed by atoms with Crippen molar-refractivity contribution in [1.82, 2.24) is 0 Å². The molecule has 0 spiro atoms. The summed E-state index contributed by atoms with van der Waals surface area (Å²) in [5.74, 6) is -0.290. The molecule has 0 radical (unpaired) electrons. The molecule has 78 valence electrons. The second kappa shape index (κ2) is 3.96. The first-order valence-corrected chi connectivity index (χ1v) is 5.98. The summed E-state index contributed by atoms with van der Waals surface area (Å²) in [5.41, 5.74) is 0.605. The van der Waals surface area contributed by atoms with Crippen molar-refractivity contribution in [1.29, 1.82) is 4.78 Å². The van der Waals surface area contributed by atoms with Crippen LogP contribution in [0.4, 0.5) is 10.1 Å². The molecule has 1 unspecified atom stereocenters.